The molecule has 0 radical (unpaired) electrons. The van der Waals surface area contributed by atoms with Crippen LogP contribution >= 0.6 is 0 Å². The summed E-state index contributed by atoms with van der Waals surface area (Å²) < 4.78 is 144. The molecule has 9 aliphatic rings. The van der Waals surface area contributed by atoms with Gasteiger partial charge in [-0.05, 0) is 101 Å². The number of methoxy groups -OCH3 is 1. The monoisotopic (exact) mass is 1260 g/mol. The van der Waals surface area contributed by atoms with Crippen molar-refractivity contribution in [2.24, 2.45) is 39.4 Å². The number of fused-ring (bicyclic) bond motifs is 4. The molecule has 8 fully saturated rings. The summed E-state index contributed by atoms with van der Waals surface area (Å²) in [5.74, 6) is -1.21. The average molecular weight is 1260 g/mol. The van der Waals surface area contributed by atoms with Gasteiger partial charge in [-0.2, -0.15) is 16.8 Å². The standard InChI is InChI=1S/C55H86O28S2/c1-24(2)12-11-17-54(9)45-30(75-26(4)57)20-53(8)28-13-14-33-51(5,6)34(16-18-52(33,7)27(28)15-19-55(45,53)50(64)81-54)77-48-43(36(60)32(23-73-48)82-84(65,66)67)80-49-44(83-85(68,69)70)37(61)40(25(3)74-49)78-46-38(62)41(29(58)22-72-46)79-47-39(63)42(71-10)35(59)31(21-56)76-47/h13,25,27,29-49,56,58-63H,1,11-12,14-23H2,2-10H3,(H,65,66,67)(H,68,69,70). The molecule has 1 spiro atoms. The third-order valence-corrected chi connectivity index (χ3v) is 21.4. The number of ether oxygens (including phenoxy) is 11. The fraction of sp³-hybridized carbons (Fsp3) is 0.891. The van der Waals surface area contributed by atoms with Gasteiger partial charge in [0.05, 0.1) is 43.4 Å². The molecule has 5 aliphatic heterocycles. The highest BCUT2D eigenvalue weighted by Crippen LogP contribution is 2.77. The molecule has 486 valence electrons. The van der Waals surface area contributed by atoms with Gasteiger partial charge in [0, 0.05) is 19.4 Å². The second-order valence-corrected chi connectivity index (χ2v) is 28.2. The normalized spacial score (nSPS) is 48.0. The zero-order valence-electron chi connectivity index (χ0n) is 49.1. The molecule has 0 aromatic carbocycles. The van der Waals surface area contributed by atoms with Crippen molar-refractivity contribution in [3.8, 4) is 0 Å². The first kappa shape index (κ1) is 66.9. The SMILES string of the molecule is C=C(C)CCCC1(C)OC(=O)C23CCC4C(=CCC5C(C)(C)C(OC6OCC(OS(=O)(=O)O)C(O)C6OC6OC(C)C(OC7OCC(O)C(OC8OC(CO)C(O)C(OC)C8O)C7O)C(O)C6OS(=O)(=O)O)CCC45C)C2(C)CC(OC(C)=O)C13. The zero-order chi connectivity index (χ0) is 62.5. The molecule has 4 aliphatic carbocycles. The lowest BCUT2D eigenvalue weighted by Gasteiger charge is -2.64. The highest BCUT2D eigenvalue weighted by atomic mass is 32.3. The van der Waals surface area contributed by atoms with E-state index in [1.807, 2.05) is 27.7 Å². The Balaban J connectivity index is 0.946. The van der Waals surface area contributed by atoms with Gasteiger partial charge in [0.1, 0.15) is 85.0 Å². The maximum atomic E-state index is 14.7. The molecule has 27 atom stereocenters. The number of aliphatic hydroxyl groups excluding tert-OH is 7. The fourth-order valence-electron chi connectivity index (χ4n) is 16.6. The quantitative estimate of drug-likeness (QED) is 0.0481. The first-order valence-corrected chi connectivity index (χ1v) is 31.7. The van der Waals surface area contributed by atoms with E-state index < -0.39 is 191 Å². The van der Waals surface area contributed by atoms with Gasteiger partial charge in [0.2, 0.25) is 0 Å². The van der Waals surface area contributed by atoms with Gasteiger partial charge in [-0.15, -0.1) is 6.58 Å². The van der Waals surface area contributed by atoms with Gasteiger partial charge >= 0.3 is 32.7 Å². The van der Waals surface area contributed by atoms with Crippen LogP contribution in [0.15, 0.2) is 23.8 Å². The summed E-state index contributed by atoms with van der Waals surface area (Å²) in [4.78, 5) is 27.5. The van der Waals surface area contributed by atoms with E-state index >= 15 is 0 Å². The maximum Gasteiger partial charge on any atom is 0.397 e. The lowest BCUT2D eigenvalue weighted by molar-refractivity contribution is -0.380. The summed E-state index contributed by atoms with van der Waals surface area (Å²) in [5, 5.41) is 77.4. The molecular formula is C55H86O28S2. The van der Waals surface area contributed by atoms with Crippen molar-refractivity contribution in [3.05, 3.63) is 23.8 Å². The molecule has 0 aromatic rings. The Morgan fingerprint density at radius 1 is 0.741 bits per heavy atom. The Labute approximate surface area is 494 Å². The van der Waals surface area contributed by atoms with Gasteiger partial charge in [-0.3, -0.25) is 18.7 Å². The number of hydrogen-bond acceptors (Lipinski definition) is 26. The maximum absolute atomic E-state index is 14.7. The first-order chi connectivity index (χ1) is 39.5. The van der Waals surface area contributed by atoms with Gasteiger partial charge in [0.15, 0.2) is 31.3 Å². The molecule has 0 amide bonds. The first-order valence-electron chi connectivity index (χ1n) is 29.0. The van der Waals surface area contributed by atoms with E-state index in [0.717, 1.165) is 24.0 Å². The fourth-order valence-corrected chi connectivity index (χ4v) is 17.6. The van der Waals surface area contributed by atoms with E-state index in [2.05, 4.69) is 26.5 Å². The van der Waals surface area contributed by atoms with Crippen LogP contribution in [0.5, 0.6) is 0 Å². The van der Waals surface area contributed by atoms with Crippen LogP contribution in [0, 0.1) is 39.4 Å². The molecule has 85 heavy (non-hydrogen) atoms. The minimum absolute atomic E-state index is 0.0199. The van der Waals surface area contributed by atoms with Gasteiger partial charge < -0.3 is 87.9 Å². The third-order valence-electron chi connectivity index (χ3n) is 20.5. The molecule has 5 heterocycles. The Bertz CT molecular complexity index is 2710. The van der Waals surface area contributed by atoms with Crippen LogP contribution in [-0.4, -0.2) is 229 Å². The minimum atomic E-state index is -5.54. The zero-order valence-corrected chi connectivity index (χ0v) is 50.8. The van der Waals surface area contributed by atoms with Crippen LogP contribution < -0.4 is 0 Å². The molecule has 27 unspecified atom stereocenters. The number of carbonyl (C=O) groups is 2. The van der Waals surface area contributed by atoms with Crippen molar-refractivity contribution in [1.29, 1.82) is 0 Å². The van der Waals surface area contributed by atoms with Crippen LogP contribution in [0.1, 0.15) is 113 Å². The van der Waals surface area contributed by atoms with E-state index in [1.54, 1.807) is 0 Å². The molecule has 5 saturated heterocycles. The predicted molar refractivity (Wildman–Crippen MR) is 286 cm³/mol. The molecule has 9 N–H and O–H groups in total. The van der Waals surface area contributed by atoms with Crippen molar-refractivity contribution in [1.82, 2.24) is 0 Å². The highest BCUT2D eigenvalue weighted by molar-refractivity contribution is 7.81. The van der Waals surface area contributed by atoms with Crippen LogP contribution in [0.4, 0.5) is 0 Å². The van der Waals surface area contributed by atoms with Crippen molar-refractivity contribution >= 4 is 32.7 Å². The van der Waals surface area contributed by atoms with Crippen LogP contribution in [0.25, 0.3) is 0 Å². The van der Waals surface area contributed by atoms with Crippen LogP contribution in [0.3, 0.4) is 0 Å². The molecule has 9 rings (SSSR count). The lowest BCUT2D eigenvalue weighted by Crippen LogP contribution is -2.66. The summed E-state index contributed by atoms with van der Waals surface area (Å²) >= 11 is 0. The second kappa shape index (κ2) is 24.6. The van der Waals surface area contributed by atoms with Gasteiger partial charge in [-0.1, -0.05) is 44.9 Å². The third kappa shape index (κ3) is 12.3. The van der Waals surface area contributed by atoms with E-state index in [9.17, 15) is 71.3 Å². The van der Waals surface area contributed by atoms with E-state index in [4.69, 9.17) is 60.5 Å². The number of cyclic esters (lactones) is 1. The van der Waals surface area contributed by atoms with Crippen LogP contribution in [0.2, 0.25) is 0 Å². The Morgan fingerprint density at radius 3 is 2.02 bits per heavy atom. The molecule has 28 nitrogen and oxygen atoms in total. The minimum Gasteiger partial charge on any atom is -0.462 e. The van der Waals surface area contributed by atoms with Gasteiger partial charge in [0.25, 0.3) is 0 Å². The number of rotatable bonds is 19. The molecular weight excluding hydrogens is 1170 g/mol. The summed E-state index contributed by atoms with van der Waals surface area (Å²) in [6.45, 7) is 17.0. The Hall–Kier alpha value is -2.48. The van der Waals surface area contributed by atoms with Gasteiger partial charge in [-0.25, -0.2) is 8.37 Å². The van der Waals surface area contributed by atoms with Crippen molar-refractivity contribution in [2.75, 3.05) is 26.9 Å². The summed E-state index contributed by atoms with van der Waals surface area (Å²) in [5.41, 5.74) is -1.52. The number of aliphatic hydroxyl groups is 7. The Morgan fingerprint density at radius 2 is 1.39 bits per heavy atom. The van der Waals surface area contributed by atoms with E-state index in [-0.39, 0.29) is 29.1 Å². The molecule has 3 saturated carbocycles. The van der Waals surface area contributed by atoms with Crippen molar-refractivity contribution in [2.45, 2.75) is 242 Å². The topological polar surface area (TPSA) is 404 Å². The number of carbonyl (C=O) groups excluding carboxylic acids is 2. The lowest BCUT2D eigenvalue weighted by atomic mass is 9.41. The predicted octanol–water partition coefficient (Wildman–Crippen LogP) is 0.447. The van der Waals surface area contributed by atoms with Crippen LogP contribution in [-0.2, 0) is 90.9 Å². The largest absolute Gasteiger partial charge is 0.462 e. The second-order valence-electron chi connectivity index (χ2n) is 26.1. The molecule has 30 heteroatoms. The summed E-state index contributed by atoms with van der Waals surface area (Å²) in [6, 6.07) is 0. The number of allylic oxidation sites excluding steroid dienone is 3. The highest BCUT2D eigenvalue weighted by Gasteiger charge is 2.79. The smallest absolute Gasteiger partial charge is 0.397 e. The van der Waals surface area contributed by atoms with E-state index in [0.29, 0.717) is 44.9 Å². The summed E-state index contributed by atoms with van der Waals surface area (Å²) in [7, 11) is -9.64. The van der Waals surface area contributed by atoms with Crippen molar-refractivity contribution in [3.63, 3.8) is 0 Å². The van der Waals surface area contributed by atoms with Crippen molar-refractivity contribution < 1.29 is 132 Å². The van der Waals surface area contributed by atoms with E-state index in [1.165, 1.54) is 21.0 Å². The average Bonchev–Trinajstić information content (AvgIpc) is 1.54. The molecule has 0 aromatic heterocycles. The number of esters is 2. The number of hydrogen-bond donors (Lipinski definition) is 9. The summed E-state index contributed by atoms with van der Waals surface area (Å²) in [6.07, 6.45) is -26.0. The molecule has 0 bridgehead atoms. The Kier molecular flexibility index (Phi) is 19.4.